The quantitative estimate of drug-likeness (QED) is 0.801. The number of thioether (sulfide) groups is 1. The minimum Gasteiger partial charge on any atom is -0.397 e. The summed E-state index contributed by atoms with van der Waals surface area (Å²) in [5, 5.41) is 12.6. The lowest BCUT2D eigenvalue weighted by Crippen LogP contribution is -2.49. The Hall–Kier alpha value is -1.74. The normalized spacial score (nSPS) is 13.6. The van der Waals surface area contributed by atoms with E-state index < -0.39 is 5.54 Å². The molecule has 1 aromatic rings. The van der Waals surface area contributed by atoms with Crippen molar-refractivity contribution in [3.63, 3.8) is 0 Å². The van der Waals surface area contributed by atoms with E-state index in [-0.39, 0.29) is 17.6 Å². The summed E-state index contributed by atoms with van der Waals surface area (Å²) in [5.41, 5.74) is 5.28. The van der Waals surface area contributed by atoms with Crippen LogP contribution in [0, 0.1) is 17.2 Å². The maximum atomic E-state index is 11.8. The van der Waals surface area contributed by atoms with E-state index in [2.05, 4.69) is 16.4 Å². The first-order valence-electron chi connectivity index (χ1n) is 5.94. The molecule has 3 N–H and O–H groups in total. The number of nitrogens with zero attached hydrogens (tertiary/aromatic N) is 2. The van der Waals surface area contributed by atoms with E-state index in [1.54, 1.807) is 25.3 Å². The SMILES string of the molecule is CC(C)C(C)(C#N)NC(=O)CSc1ccc(N)cn1. The lowest BCUT2D eigenvalue weighted by Gasteiger charge is -2.27. The summed E-state index contributed by atoms with van der Waals surface area (Å²) in [7, 11) is 0. The van der Waals surface area contributed by atoms with Crippen molar-refractivity contribution in [2.24, 2.45) is 5.92 Å². The number of nitrogen functional groups attached to an aromatic ring is 1. The van der Waals surface area contributed by atoms with Crippen LogP contribution < -0.4 is 11.1 Å². The molecule has 0 aliphatic rings. The fraction of sp³-hybridized carbons (Fsp3) is 0.462. The Morgan fingerprint density at radius 1 is 1.63 bits per heavy atom. The number of nitrogens with two attached hydrogens (primary N) is 1. The molecule has 1 unspecified atom stereocenters. The van der Waals surface area contributed by atoms with Crippen molar-refractivity contribution in [3.8, 4) is 6.07 Å². The molecule has 1 atom stereocenters. The molecule has 19 heavy (non-hydrogen) atoms. The van der Waals surface area contributed by atoms with Gasteiger partial charge in [-0.3, -0.25) is 4.79 Å². The highest BCUT2D eigenvalue weighted by Crippen LogP contribution is 2.18. The van der Waals surface area contributed by atoms with Gasteiger partial charge in [0, 0.05) is 0 Å². The van der Waals surface area contributed by atoms with E-state index in [1.165, 1.54) is 11.8 Å². The van der Waals surface area contributed by atoms with Crippen molar-refractivity contribution >= 4 is 23.4 Å². The van der Waals surface area contributed by atoms with Crippen LogP contribution in [-0.2, 0) is 4.79 Å². The highest BCUT2D eigenvalue weighted by atomic mass is 32.2. The number of aromatic nitrogens is 1. The summed E-state index contributed by atoms with van der Waals surface area (Å²) < 4.78 is 0. The first-order valence-corrected chi connectivity index (χ1v) is 6.92. The summed E-state index contributed by atoms with van der Waals surface area (Å²) in [6.07, 6.45) is 1.55. The third-order valence-electron chi connectivity index (χ3n) is 2.90. The number of rotatable bonds is 5. The molecule has 1 heterocycles. The molecule has 0 saturated heterocycles. The van der Waals surface area contributed by atoms with Crippen LogP contribution >= 0.6 is 11.8 Å². The zero-order valence-electron chi connectivity index (χ0n) is 11.3. The number of hydrogen-bond acceptors (Lipinski definition) is 5. The van der Waals surface area contributed by atoms with Gasteiger partial charge in [-0.2, -0.15) is 5.26 Å². The van der Waals surface area contributed by atoms with Gasteiger partial charge in [-0.15, -0.1) is 0 Å². The largest absolute Gasteiger partial charge is 0.397 e. The molecular formula is C13H18N4OS. The van der Waals surface area contributed by atoms with Crippen LogP contribution in [0.5, 0.6) is 0 Å². The van der Waals surface area contributed by atoms with Gasteiger partial charge in [0.1, 0.15) is 5.54 Å². The van der Waals surface area contributed by atoms with Gasteiger partial charge in [-0.1, -0.05) is 25.6 Å². The number of amides is 1. The van der Waals surface area contributed by atoms with Crippen molar-refractivity contribution < 1.29 is 4.79 Å². The number of hydrogen-bond donors (Lipinski definition) is 2. The summed E-state index contributed by atoms with van der Waals surface area (Å²) in [6, 6.07) is 5.64. The molecule has 0 bridgehead atoms. The summed E-state index contributed by atoms with van der Waals surface area (Å²) >= 11 is 1.31. The Labute approximate surface area is 117 Å². The van der Waals surface area contributed by atoms with E-state index in [0.29, 0.717) is 5.69 Å². The van der Waals surface area contributed by atoms with Crippen molar-refractivity contribution in [1.82, 2.24) is 10.3 Å². The van der Waals surface area contributed by atoms with Crippen LogP contribution in [0.15, 0.2) is 23.4 Å². The van der Waals surface area contributed by atoms with Crippen LogP contribution in [0.25, 0.3) is 0 Å². The highest BCUT2D eigenvalue weighted by Gasteiger charge is 2.29. The van der Waals surface area contributed by atoms with Crippen LogP contribution in [0.3, 0.4) is 0 Å². The third kappa shape index (κ3) is 4.45. The molecule has 1 aromatic heterocycles. The molecule has 5 nitrogen and oxygen atoms in total. The van der Waals surface area contributed by atoms with E-state index in [0.717, 1.165) is 5.03 Å². The van der Waals surface area contributed by atoms with Crippen LogP contribution in [0.4, 0.5) is 5.69 Å². The second-order valence-electron chi connectivity index (χ2n) is 4.74. The number of nitrogens with one attached hydrogen (secondary N) is 1. The fourth-order valence-electron chi connectivity index (χ4n) is 1.24. The van der Waals surface area contributed by atoms with Crippen LogP contribution in [0.1, 0.15) is 20.8 Å². The maximum Gasteiger partial charge on any atom is 0.231 e. The van der Waals surface area contributed by atoms with E-state index in [1.807, 2.05) is 13.8 Å². The van der Waals surface area contributed by atoms with Gasteiger partial charge in [0.05, 0.1) is 28.7 Å². The van der Waals surface area contributed by atoms with Crippen LogP contribution in [-0.4, -0.2) is 22.2 Å². The Morgan fingerprint density at radius 2 is 2.32 bits per heavy atom. The summed E-state index contributed by atoms with van der Waals surface area (Å²) in [6.45, 7) is 5.53. The molecule has 0 aliphatic carbocycles. The number of nitriles is 1. The van der Waals surface area contributed by atoms with Gasteiger partial charge in [-0.25, -0.2) is 4.98 Å². The lowest BCUT2D eigenvalue weighted by atomic mass is 9.90. The summed E-state index contributed by atoms with van der Waals surface area (Å²) in [5.74, 6) is 0.0865. The Morgan fingerprint density at radius 3 is 2.79 bits per heavy atom. The molecule has 102 valence electrons. The first-order chi connectivity index (χ1) is 8.87. The smallest absolute Gasteiger partial charge is 0.231 e. The van der Waals surface area contributed by atoms with E-state index in [9.17, 15) is 4.79 Å². The molecule has 0 saturated carbocycles. The Bertz CT molecular complexity index is 480. The topological polar surface area (TPSA) is 91.8 Å². The monoisotopic (exact) mass is 278 g/mol. The number of carbonyl (C=O) groups is 1. The lowest BCUT2D eigenvalue weighted by molar-refractivity contribution is -0.120. The van der Waals surface area contributed by atoms with Gasteiger partial charge < -0.3 is 11.1 Å². The van der Waals surface area contributed by atoms with Gasteiger partial charge in [0.2, 0.25) is 5.91 Å². The van der Waals surface area contributed by atoms with Gasteiger partial charge in [-0.05, 0) is 25.0 Å². The molecule has 0 spiro atoms. The predicted octanol–water partition coefficient (Wildman–Crippen LogP) is 1.81. The second kappa shape index (κ2) is 6.43. The minimum absolute atomic E-state index is 0.0427. The average molecular weight is 278 g/mol. The van der Waals surface area contributed by atoms with Crippen molar-refractivity contribution in [2.75, 3.05) is 11.5 Å². The molecule has 6 heteroatoms. The molecule has 0 aromatic carbocycles. The Kier molecular flexibility index (Phi) is 5.19. The summed E-state index contributed by atoms with van der Waals surface area (Å²) in [4.78, 5) is 15.9. The number of anilines is 1. The van der Waals surface area contributed by atoms with E-state index >= 15 is 0 Å². The van der Waals surface area contributed by atoms with Gasteiger partial charge in [0.15, 0.2) is 0 Å². The molecule has 0 fully saturated rings. The average Bonchev–Trinajstić information content (AvgIpc) is 2.37. The zero-order chi connectivity index (χ0) is 14.5. The van der Waals surface area contributed by atoms with Crippen LogP contribution in [0.2, 0.25) is 0 Å². The second-order valence-corrected chi connectivity index (χ2v) is 5.73. The molecule has 1 amide bonds. The molecule has 0 radical (unpaired) electrons. The third-order valence-corrected chi connectivity index (χ3v) is 3.84. The van der Waals surface area contributed by atoms with E-state index in [4.69, 9.17) is 11.0 Å². The van der Waals surface area contributed by atoms with Crippen molar-refractivity contribution in [1.29, 1.82) is 5.26 Å². The molecular weight excluding hydrogens is 260 g/mol. The van der Waals surface area contributed by atoms with Gasteiger partial charge in [0.25, 0.3) is 0 Å². The fourth-order valence-corrected chi connectivity index (χ4v) is 1.89. The molecule has 0 aliphatic heterocycles. The van der Waals surface area contributed by atoms with Gasteiger partial charge >= 0.3 is 0 Å². The maximum absolute atomic E-state index is 11.8. The van der Waals surface area contributed by atoms with Crippen molar-refractivity contribution in [3.05, 3.63) is 18.3 Å². The first kappa shape index (κ1) is 15.3. The minimum atomic E-state index is -0.841. The highest BCUT2D eigenvalue weighted by molar-refractivity contribution is 7.99. The number of pyridine rings is 1. The predicted molar refractivity (Wildman–Crippen MR) is 76.4 cm³/mol. The number of carbonyl (C=O) groups excluding carboxylic acids is 1. The standard InChI is InChI=1S/C13H18N4OS/c1-9(2)13(3,8-14)17-11(18)7-19-12-5-4-10(15)6-16-12/h4-6,9H,7,15H2,1-3H3,(H,17,18). The molecule has 1 rings (SSSR count). The zero-order valence-corrected chi connectivity index (χ0v) is 12.1. The van der Waals surface area contributed by atoms with Crippen molar-refractivity contribution in [2.45, 2.75) is 31.3 Å². The Balaban J connectivity index is 2.53.